The maximum absolute atomic E-state index is 13.1. The van der Waals surface area contributed by atoms with Crippen molar-refractivity contribution in [2.75, 3.05) is 13.7 Å². The van der Waals surface area contributed by atoms with Gasteiger partial charge in [0.2, 0.25) is 0 Å². The molecule has 0 aliphatic carbocycles. The molecule has 2 amide bonds. The summed E-state index contributed by atoms with van der Waals surface area (Å²) in [4.78, 5) is 37.8. The second-order valence-corrected chi connectivity index (χ2v) is 9.41. The van der Waals surface area contributed by atoms with E-state index in [1.807, 2.05) is 0 Å². The first-order valence-corrected chi connectivity index (χ1v) is 11.8. The number of esters is 1. The number of methoxy groups -OCH3 is 1. The number of amides is 2. The predicted molar refractivity (Wildman–Crippen MR) is 130 cm³/mol. The molecule has 2 aromatic carbocycles. The van der Waals surface area contributed by atoms with Crippen LogP contribution in [0.5, 0.6) is 11.5 Å². The van der Waals surface area contributed by atoms with E-state index in [1.165, 1.54) is 19.2 Å². The number of carbonyl (C=O) groups is 3. The van der Waals surface area contributed by atoms with Gasteiger partial charge in [0.05, 0.1) is 21.7 Å². The van der Waals surface area contributed by atoms with Crippen LogP contribution in [0.2, 0.25) is 0 Å². The third-order valence-corrected chi connectivity index (χ3v) is 6.08. The van der Waals surface area contributed by atoms with Crippen LogP contribution in [0.4, 0.5) is 9.18 Å². The molecule has 0 N–H and O–H groups in total. The Morgan fingerprint density at radius 2 is 1.91 bits per heavy atom. The van der Waals surface area contributed by atoms with Crippen LogP contribution in [-0.4, -0.2) is 41.8 Å². The monoisotopic (exact) mass is 585 g/mol. The van der Waals surface area contributed by atoms with E-state index in [2.05, 4.69) is 22.6 Å². The molecule has 0 bridgehead atoms. The SMILES string of the molecule is COc1cc(/C=C2/SC(=O)N(CC(=O)OC(C)C)C2=O)cc(I)c1OCc1ccc(F)cc1. The van der Waals surface area contributed by atoms with Crippen molar-refractivity contribution in [1.29, 1.82) is 0 Å². The van der Waals surface area contributed by atoms with Gasteiger partial charge in [-0.2, -0.15) is 0 Å². The number of hydrogen-bond acceptors (Lipinski definition) is 7. The molecule has 33 heavy (non-hydrogen) atoms. The Morgan fingerprint density at radius 3 is 2.55 bits per heavy atom. The summed E-state index contributed by atoms with van der Waals surface area (Å²) >= 11 is 2.84. The molecular weight excluding hydrogens is 564 g/mol. The number of nitrogens with zero attached hydrogens (tertiary/aromatic N) is 1. The van der Waals surface area contributed by atoms with Crippen LogP contribution in [0.25, 0.3) is 6.08 Å². The third kappa shape index (κ3) is 6.47. The fourth-order valence-electron chi connectivity index (χ4n) is 2.92. The van der Waals surface area contributed by atoms with Crippen LogP contribution in [0, 0.1) is 9.39 Å². The van der Waals surface area contributed by atoms with Crippen LogP contribution >= 0.6 is 34.4 Å². The largest absolute Gasteiger partial charge is 0.493 e. The van der Waals surface area contributed by atoms with E-state index in [0.29, 0.717) is 17.1 Å². The lowest BCUT2D eigenvalue weighted by atomic mass is 10.1. The summed E-state index contributed by atoms with van der Waals surface area (Å²) < 4.78 is 30.2. The van der Waals surface area contributed by atoms with E-state index < -0.39 is 23.7 Å². The molecule has 1 heterocycles. The van der Waals surface area contributed by atoms with Gasteiger partial charge in [-0.05, 0) is 89.7 Å². The van der Waals surface area contributed by atoms with Gasteiger partial charge in [-0.3, -0.25) is 19.3 Å². The molecule has 3 rings (SSSR count). The van der Waals surface area contributed by atoms with Crippen molar-refractivity contribution in [3.05, 3.63) is 61.8 Å². The first kappa shape index (κ1) is 25.0. The lowest BCUT2D eigenvalue weighted by Crippen LogP contribution is -2.35. The fraction of sp³-hybridized carbons (Fsp3) is 0.261. The molecule has 174 valence electrons. The first-order chi connectivity index (χ1) is 15.7. The number of halogens is 2. The van der Waals surface area contributed by atoms with Crippen LogP contribution in [0.15, 0.2) is 41.3 Å². The van der Waals surface area contributed by atoms with Crippen molar-refractivity contribution in [3.63, 3.8) is 0 Å². The quantitative estimate of drug-likeness (QED) is 0.245. The zero-order valence-corrected chi connectivity index (χ0v) is 21.1. The Kier molecular flexibility index (Phi) is 8.35. The summed E-state index contributed by atoms with van der Waals surface area (Å²) in [7, 11) is 1.49. The van der Waals surface area contributed by atoms with Crippen molar-refractivity contribution in [1.82, 2.24) is 4.90 Å². The molecule has 0 atom stereocenters. The van der Waals surface area contributed by atoms with Gasteiger partial charge in [0.1, 0.15) is 19.0 Å². The molecule has 1 aliphatic rings. The summed E-state index contributed by atoms with van der Waals surface area (Å²) in [5.41, 5.74) is 1.42. The Hall–Kier alpha value is -2.60. The molecule has 10 heteroatoms. The zero-order chi connectivity index (χ0) is 24.1. The minimum Gasteiger partial charge on any atom is -0.493 e. The Morgan fingerprint density at radius 1 is 1.21 bits per heavy atom. The van der Waals surface area contributed by atoms with Crippen LogP contribution in [0.3, 0.4) is 0 Å². The molecule has 1 saturated heterocycles. The van der Waals surface area contributed by atoms with Gasteiger partial charge in [0.15, 0.2) is 11.5 Å². The minimum atomic E-state index is -0.646. The zero-order valence-electron chi connectivity index (χ0n) is 18.1. The molecule has 2 aromatic rings. The van der Waals surface area contributed by atoms with E-state index in [9.17, 15) is 18.8 Å². The Bertz CT molecular complexity index is 1100. The van der Waals surface area contributed by atoms with Crippen molar-refractivity contribution in [2.45, 2.75) is 26.6 Å². The van der Waals surface area contributed by atoms with Crippen molar-refractivity contribution in [3.8, 4) is 11.5 Å². The molecular formula is C23H21FINO6S. The predicted octanol–water partition coefficient (Wildman–Crippen LogP) is 5.01. The summed E-state index contributed by atoms with van der Waals surface area (Å²) in [5.74, 6) is -0.584. The topological polar surface area (TPSA) is 82.1 Å². The van der Waals surface area contributed by atoms with Gasteiger partial charge in [-0.1, -0.05) is 12.1 Å². The summed E-state index contributed by atoms with van der Waals surface area (Å²) in [6, 6.07) is 9.46. The number of thioether (sulfide) groups is 1. The second kappa shape index (κ2) is 11.0. The normalized spacial score (nSPS) is 14.8. The van der Waals surface area contributed by atoms with Crippen LogP contribution in [0.1, 0.15) is 25.0 Å². The standard InChI is InChI=1S/C23H21FINO6S/c1-13(2)32-20(27)11-26-22(28)19(33-23(26)29)10-15-8-17(25)21(18(9-15)30-3)31-12-14-4-6-16(24)7-5-14/h4-10,13H,11-12H2,1-3H3/b19-10+. The van der Waals surface area contributed by atoms with Crippen molar-refractivity contribution >= 4 is 57.5 Å². The number of hydrogen-bond donors (Lipinski definition) is 0. The highest BCUT2D eigenvalue weighted by molar-refractivity contribution is 14.1. The van der Waals surface area contributed by atoms with E-state index in [1.54, 1.807) is 44.2 Å². The molecule has 0 radical (unpaired) electrons. The van der Waals surface area contributed by atoms with Gasteiger partial charge >= 0.3 is 5.97 Å². The maximum Gasteiger partial charge on any atom is 0.326 e. The number of rotatable bonds is 8. The van der Waals surface area contributed by atoms with Gasteiger partial charge in [-0.25, -0.2) is 4.39 Å². The van der Waals surface area contributed by atoms with E-state index >= 15 is 0 Å². The molecule has 1 fully saturated rings. The summed E-state index contributed by atoms with van der Waals surface area (Å²) in [5, 5.41) is -0.534. The van der Waals surface area contributed by atoms with E-state index in [0.717, 1.165) is 25.8 Å². The highest BCUT2D eigenvalue weighted by Crippen LogP contribution is 2.37. The molecule has 1 aliphatic heterocycles. The average molecular weight is 585 g/mol. The van der Waals surface area contributed by atoms with Crippen LogP contribution < -0.4 is 9.47 Å². The lowest BCUT2D eigenvalue weighted by Gasteiger charge is -2.14. The Balaban J connectivity index is 1.77. The average Bonchev–Trinajstić information content (AvgIpc) is 3.00. The second-order valence-electron chi connectivity index (χ2n) is 7.26. The minimum absolute atomic E-state index is 0.190. The highest BCUT2D eigenvalue weighted by atomic mass is 127. The number of carbonyl (C=O) groups excluding carboxylic acids is 3. The molecule has 0 aromatic heterocycles. The molecule has 0 spiro atoms. The molecule has 0 unspecified atom stereocenters. The molecule has 7 nitrogen and oxygen atoms in total. The summed E-state index contributed by atoms with van der Waals surface area (Å²) in [6.45, 7) is 3.16. The number of imide groups is 1. The highest BCUT2D eigenvalue weighted by Gasteiger charge is 2.36. The smallest absolute Gasteiger partial charge is 0.326 e. The fourth-order valence-corrected chi connectivity index (χ4v) is 4.54. The van der Waals surface area contributed by atoms with Gasteiger partial charge in [-0.15, -0.1) is 0 Å². The third-order valence-electron chi connectivity index (χ3n) is 4.37. The van der Waals surface area contributed by atoms with Crippen molar-refractivity contribution < 1.29 is 33.0 Å². The summed E-state index contributed by atoms with van der Waals surface area (Å²) in [6.07, 6.45) is 1.22. The first-order valence-electron chi connectivity index (χ1n) is 9.87. The van der Waals surface area contributed by atoms with E-state index in [-0.39, 0.29) is 23.4 Å². The van der Waals surface area contributed by atoms with Crippen molar-refractivity contribution in [2.24, 2.45) is 0 Å². The number of benzene rings is 2. The van der Waals surface area contributed by atoms with Gasteiger partial charge < -0.3 is 14.2 Å². The Labute approximate surface area is 208 Å². The van der Waals surface area contributed by atoms with Gasteiger partial charge in [0.25, 0.3) is 11.1 Å². The maximum atomic E-state index is 13.1. The van der Waals surface area contributed by atoms with Gasteiger partial charge in [0, 0.05) is 0 Å². The van der Waals surface area contributed by atoms with E-state index in [4.69, 9.17) is 14.2 Å². The molecule has 0 saturated carbocycles. The number of ether oxygens (including phenoxy) is 3. The lowest BCUT2D eigenvalue weighted by molar-refractivity contribution is -0.149. The van der Waals surface area contributed by atoms with Crippen LogP contribution in [-0.2, 0) is 20.9 Å².